The molecule has 0 aromatic heterocycles. The van der Waals surface area contributed by atoms with Crippen LogP contribution in [0.5, 0.6) is 11.5 Å². The molecule has 0 aliphatic rings. The van der Waals surface area contributed by atoms with Gasteiger partial charge in [0.2, 0.25) is 0 Å². The van der Waals surface area contributed by atoms with E-state index in [1.54, 1.807) is 6.07 Å². The van der Waals surface area contributed by atoms with Gasteiger partial charge in [-0.2, -0.15) is 0 Å². The molecule has 7 heteroatoms. The van der Waals surface area contributed by atoms with Gasteiger partial charge < -0.3 is 9.84 Å². The maximum atomic E-state index is 12.0. The highest BCUT2D eigenvalue weighted by molar-refractivity contribution is 6.31. The van der Waals surface area contributed by atoms with Gasteiger partial charge in [0.1, 0.15) is 11.5 Å². The molecule has 3 aromatic carbocycles. The summed E-state index contributed by atoms with van der Waals surface area (Å²) in [6, 6.07) is 17.3. The number of aromatic hydroxyl groups is 1. The van der Waals surface area contributed by atoms with Crippen molar-refractivity contribution in [1.82, 2.24) is 10.9 Å². The predicted molar refractivity (Wildman–Crippen MR) is 98.2 cm³/mol. The van der Waals surface area contributed by atoms with E-state index in [2.05, 4.69) is 10.9 Å². The number of carbonyl (C=O) groups is 2. The second-order valence-corrected chi connectivity index (χ2v) is 5.90. The summed E-state index contributed by atoms with van der Waals surface area (Å²) < 4.78 is 5.42. The Morgan fingerprint density at radius 1 is 0.962 bits per heavy atom. The number of ether oxygens (including phenoxy) is 1. The SMILES string of the molecule is O=C(COc1ccc2ccccc2c1)NNC(=O)c1cc(Cl)ccc1O. The highest BCUT2D eigenvalue weighted by atomic mass is 35.5. The molecule has 26 heavy (non-hydrogen) atoms. The first-order valence-corrected chi connectivity index (χ1v) is 8.10. The van der Waals surface area contributed by atoms with Crippen molar-refractivity contribution in [2.24, 2.45) is 0 Å². The van der Waals surface area contributed by atoms with Gasteiger partial charge in [-0.3, -0.25) is 20.4 Å². The van der Waals surface area contributed by atoms with Crippen molar-refractivity contribution in [3.8, 4) is 11.5 Å². The molecule has 0 aliphatic heterocycles. The van der Waals surface area contributed by atoms with E-state index in [0.29, 0.717) is 10.8 Å². The molecule has 0 saturated heterocycles. The second kappa shape index (κ2) is 7.76. The summed E-state index contributed by atoms with van der Waals surface area (Å²) in [5, 5.41) is 12.0. The lowest BCUT2D eigenvalue weighted by molar-refractivity contribution is -0.123. The number of benzene rings is 3. The third kappa shape index (κ3) is 4.23. The molecular weight excluding hydrogens is 356 g/mol. The van der Waals surface area contributed by atoms with Crippen molar-refractivity contribution in [3.63, 3.8) is 0 Å². The Bertz CT molecular complexity index is 975. The van der Waals surface area contributed by atoms with Crippen molar-refractivity contribution < 1.29 is 19.4 Å². The molecule has 6 nitrogen and oxygen atoms in total. The lowest BCUT2D eigenvalue weighted by Gasteiger charge is -2.10. The van der Waals surface area contributed by atoms with Gasteiger partial charge in [0.25, 0.3) is 11.8 Å². The van der Waals surface area contributed by atoms with Crippen LogP contribution in [0.3, 0.4) is 0 Å². The van der Waals surface area contributed by atoms with E-state index in [1.807, 2.05) is 36.4 Å². The van der Waals surface area contributed by atoms with Gasteiger partial charge in [0.05, 0.1) is 5.56 Å². The Hall–Kier alpha value is -3.25. The molecule has 0 radical (unpaired) electrons. The van der Waals surface area contributed by atoms with Crippen LogP contribution in [-0.2, 0) is 4.79 Å². The van der Waals surface area contributed by atoms with E-state index in [9.17, 15) is 14.7 Å². The number of halogens is 1. The zero-order valence-electron chi connectivity index (χ0n) is 13.5. The molecule has 2 amide bonds. The molecular formula is C19H15ClN2O4. The largest absolute Gasteiger partial charge is 0.507 e. The van der Waals surface area contributed by atoms with E-state index < -0.39 is 11.8 Å². The first-order valence-electron chi connectivity index (χ1n) is 7.72. The number of rotatable bonds is 4. The zero-order valence-corrected chi connectivity index (χ0v) is 14.3. The fourth-order valence-electron chi connectivity index (χ4n) is 2.33. The normalized spacial score (nSPS) is 10.3. The maximum Gasteiger partial charge on any atom is 0.276 e. The Morgan fingerprint density at radius 2 is 1.73 bits per heavy atom. The minimum Gasteiger partial charge on any atom is -0.507 e. The molecule has 0 fully saturated rings. The summed E-state index contributed by atoms with van der Waals surface area (Å²) in [7, 11) is 0. The topological polar surface area (TPSA) is 87.7 Å². The third-order valence-corrected chi connectivity index (χ3v) is 3.84. The van der Waals surface area contributed by atoms with Crippen LogP contribution in [0.2, 0.25) is 5.02 Å². The van der Waals surface area contributed by atoms with E-state index >= 15 is 0 Å². The second-order valence-electron chi connectivity index (χ2n) is 5.46. The number of amides is 2. The van der Waals surface area contributed by atoms with Crippen molar-refractivity contribution in [2.75, 3.05) is 6.61 Å². The number of nitrogens with one attached hydrogen (secondary N) is 2. The van der Waals surface area contributed by atoms with Crippen molar-refractivity contribution in [3.05, 3.63) is 71.2 Å². The third-order valence-electron chi connectivity index (χ3n) is 3.61. The summed E-state index contributed by atoms with van der Waals surface area (Å²) in [6.07, 6.45) is 0. The number of hydrogen-bond acceptors (Lipinski definition) is 4. The first kappa shape index (κ1) is 17.6. The molecule has 0 unspecified atom stereocenters. The number of fused-ring (bicyclic) bond motifs is 1. The van der Waals surface area contributed by atoms with Crippen LogP contribution in [0.1, 0.15) is 10.4 Å². The highest BCUT2D eigenvalue weighted by Crippen LogP contribution is 2.21. The van der Waals surface area contributed by atoms with Gasteiger partial charge in [-0.25, -0.2) is 0 Å². The molecule has 3 N–H and O–H groups in total. The molecule has 3 rings (SSSR count). The Kier molecular flexibility index (Phi) is 5.24. The van der Waals surface area contributed by atoms with Crippen molar-refractivity contribution >= 4 is 34.2 Å². The summed E-state index contributed by atoms with van der Waals surface area (Å²) in [6.45, 7) is -0.278. The Morgan fingerprint density at radius 3 is 2.54 bits per heavy atom. The quantitative estimate of drug-likeness (QED) is 0.616. The minimum atomic E-state index is -0.691. The molecule has 132 valence electrons. The highest BCUT2D eigenvalue weighted by Gasteiger charge is 2.13. The molecule has 0 aliphatic carbocycles. The molecule has 0 spiro atoms. The smallest absolute Gasteiger partial charge is 0.276 e. The van der Waals surface area contributed by atoms with Gasteiger partial charge in [-0.05, 0) is 41.1 Å². The molecule has 0 saturated carbocycles. The summed E-state index contributed by atoms with van der Waals surface area (Å²) in [5.41, 5.74) is 4.36. The number of phenolic OH excluding ortho intramolecular Hbond substituents is 1. The van der Waals surface area contributed by atoms with Crippen molar-refractivity contribution in [2.45, 2.75) is 0 Å². The van der Waals surface area contributed by atoms with Gasteiger partial charge in [0, 0.05) is 5.02 Å². The summed E-state index contributed by atoms with van der Waals surface area (Å²) >= 11 is 5.78. The van der Waals surface area contributed by atoms with Crippen LogP contribution in [-0.4, -0.2) is 23.5 Å². The Balaban J connectivity index is 1.53. The number of hydrogen-bond donors (Lipinski definition) is 3. The van der Waals surface area contributed by atoms with Crippen LogP contribution in [0, 0.1) is 0 Å². The summed E-state index contributed by atoms with van der Waals surface area (Å²) in [4.78, 5) is 23.8. The van der Waals surface area contributed by atoms with E-state index in [0.717, 1.165) is 10.8 Å². The molecule has 0 atom stereocenters. The van der Waals surface area contributed by atoms with E-state index in [1.165, 1.54) is 18.2 Å². The first-order chi connectivity index (χ1) is 12.5. The summed E-state index contributed by atoms with van der Waals surface area (Å²) in [5.74, 6) is -0.941. The molecule has 0 bridgehead atoms. The van der Waals surface area contributed by atoms with Gasteiger partial charge >= 0.3 is 0 Å². The number of phenols is 1. The zero-order chi connectivity index (χ0) is 18.5. The van der Waals surface area contributed by atoms with E-state index in [4.69, 9.17) is 16.3 Å². The fourth-order valence-corrected chi connectivity index (χ4v) is 2.50. The molecule has 3 aromatic rings. The fraction of sp³-hybridized carbons (Fsp3) is 0.0526. The number of hydrazine groups is 1. The lowest BCUT2D eigenvalue weighted by Crippen LogP contribution is -2.43. The van der Waals surface area contributed by atoms with Crippen LogP contribution in [0.15, 0.2) is 60.7 Å². The van der Waals surface area contributed by atoms with Gasteiger partial charge in [-0.1, -0.05) is 41.9 Å². The van der Waals surface area contributed by atoms with Gasteiger partial charge in [-0.15, -0.1) is 0 Å². The lowest BCUT2D eigenvalue weighted by atomic mass is 10.1. The predicted octanol–water partition coefficient (Wildman–Crippen LogP) is 3.04. The maximum absolute atomic E-state index is 12.0. The van der Waals surface area contributed by atoms with Crippen LogP contribution in [0.4, 0.5) is 0 Å². The number of carbonyl (C=O) groups excluding carboxylic acids is 2. The monoisotopic (exact) mass is 370 g/mol. The standard InChI is InChI=1S/C19H15ClN2O4/c20-14-6-8-17(23)16(10-14)19(25)22-21-18(24)11-26-15-7-5-12-3-1-2-4-13(12)9-15/h1-10,23H,11H2,(H,21,24)(H,22,25). The van der Waals surface area contributed by atoms with Crippen LogP contribution in [0.25, 0.3) is 10.8 Å². The molecule has 0 heterocycles. The van der Waals surface area contributed by atoms with Crippen LogP contribution >= 0.6 is 11.6 Å². The van der Waals surface area contributed by atoms with Crippen molar-refractivity contribution in [1.29, 1.82) is 0 Å². The van der Waals surface area contributed by atoms with Crippen LogP contribution < -0.4 is 15.6 Å². The Labute approximate surface area is 154 Å². The average molecular weight is 371 g/mol. The van der Waals surface area contributed by atoms with E-state index in [-0.39, 0.29) is 17.9 Å². The average Bonchev–Trinajstić information content (AvgIpc) is 2.66. The minimum absolute atomic E-state index is 0.0479. The van der Waals surface area contributed by atoms with Gasteiger partial charge in [0.15, 0.2) is 6.61 Å².